The van der Waals surface area contributed by atoms with Crippen LogP contribution in [0, 0.1) is 6.92 Å². The maximum Gasteiger partial charge on any atom is 0.227 e. The SMILES string of the molecule is [CH]C(=O)N(C)CCN(C)C. The molecule has 0 fully saturated rings. The van der Waals surface area contributed by atoms with E-state index in [-0.39, 0.29) is 5.91 Å². The van der Waals surface area contributed by atoms with Gasteiger partial charge >= 0.3 is 0 Å². The molecule has 0 atom stereocenters. The van der Waals surface area contributed by atoms with Crippen LogP contribution in [0.15, 0.2) is 0 Å². The Morgan fingerprint density at radius 2 is 1.80 bits per heavy atom. The Balaban J connectivity index is 3.40. The van der Waals surface area contributed by atoms with Crippen molar-refractivity contribution in [1.29, 1.82) is 0 Å². The number of hydrogen-bond donors (Lipinski definition) is 0. The molecule has 3 heteroatoms. The highest BCUT2D eigenvalue weighted by molar-refractivity contribution is 5.79. The zero-order valence-electron chi connectivity index (χ0n) is 6.79. The third kappa shape index (κ3) is 4.32. The van der Waals surface area contributed by atoms with Crippen LogP contribution in [-0.2, 0) is 4.79 Å². The molecule has 0 N–H and O–H groups in total. The standard InChI is InChI=1S/C7H14N2O/c1-7(10)9(4)6-5-8(2)3/h1H,5-6H2,2-4H3. The van der Waals surface area contributed by atoms with Gasteiger partial charge in [0.25, 0.3) is 0 Å². The zero-order valence-corrected chi connectivity index (χ0v) is 6.79. The lowest BCUT2D eigenvalue weighted by molar-refractivity contribution is -0.125. The van der Waals surface area contributed by atoms with Crippen LogP contribution in [0.4, 0.5) is 0 Å². The Bertz CT molecular complexity index is 112. The third-order valence-corrected chi connectivity index (χ3v) is 1.26. The topological polar surface area (TPSA) is 23.6 Å². The second-order valence-corrected chi connectivity index (χ2v) is 2.56. The van der Waals surface area contributed by atoms with Gasteiger partial charge in [-0.1, -0.05) is 0 Å². The highest BCUT2D eigenvalue weighted by Crippen LogP contribution is 1.83. The van der Waals surface area contributed by atoms with E-state index in [0.717, 1.165) is 6.54 Å². The van der Waals surface area contributed by atoms with Crippen molar-refractivity contribution in [2.75, 3.05) is 34.2 Å². The fourth-order valence-electron chi connectivity index (χ4n) is 0.460. The summed E-state index contributed by atoms with van der Waals surface area (Å²) in [6, 6.07) is 0. The summed E-state index contributed by atoms with van der Waals surface area (Å²) in [5.74, 6) is -0.373. The fraction of sp³-hybridized carbons (Fsp3) is 0.714. The largest absolute Gasteiger partial charge is 0.344 e. The number of hydrogen-bond acceptors (Lipinski definition) is 2. The Kier molecular flexibility index (Phi) is 4.03. The normalized spacial score (nSPS) is 10.1. The van der Waals surface area contributed by atoms with Gasteiger partial charge in [-0.25, -0.2) is 0 Å². The molecule has 0 rings (SSSR count). The molecule has 1 amide bonds. The summed E-state index contributed by atoms with van der Waals surface area (Å²) < 4.78 is 0. The summed E-state index contributed by atoms with van der Waals surface area (Å²) >= 11 is 0. The first kappa shape index (κ1) is 9.43. The van der Waals surface area contributed by atoms with Gasteiger partial charge in [-0.05, 0) is 14.1 Å². The molecule has 0 aliphatic rings. The molecular formula is C7H14N2O. The first-order valence-corrected chi connectivity index (χ1v) is 3.19. The molecule has 0 aromatic heterocycles. The molecule has 0 saturated heterocycles. The highest BCUT2D eigenvalue weighted by Gasteiger charge is 2.00. The van der Waals surface area contributed by atoms with E-state index >= 15 is 0 Å². The second kappa shape index (κ2) is 4.28. The molecule has 0 aromatic rings. The van der Waals surface area contributed by atoms with Crippen LogP contribution in [0.1, 0.15) is 0 Å². The number of carbonyl (C=O) groups is 1. The predicted molar refractivity (Wildman–Crippen MR) is 40.5 cm³/mol. The lowest BCUT2D eigenvalue weighted by Crippen LogP contribution is -2.31. The van der Waals surface area contributed by atoms with Crippen molar-refractivity contribution in [2.24, 2.45) is 0 Å². The van der Waals surface area contributed by atoms with E-state index in [4.69, 9.17) is 6.92 Å². The highest BCUT2D eigenvalue weighted by atomic mass is 16.2. The minimum Gasteiger partial charge on any atom is -0.344 e. The summed E-state index contributed by atoms with van der Waals surface area (Å²) in [7, 11) is 5.59. The first-order chi connectivity index (χ1) is 4.54. The Morgan fingerprint density at radius 3 is 2.10 bits per heavy atom. The van der Waals surface area contributed by atoms with Gasteiger partial charge in [0.2, 0.25) is 5.91 Å². The van der Waals surface area contributed by atoms with E-state index < -0.39 is 0 Å². The zero-order chi connectivity index (χ0) is 8.15. The molecule has 0 unspecified atom stereocenters. The number of carbonyl (C=O) groups excluding carboxylic acids is 1. The van der Waals surface area contributed by atoms with Crippen LogP contribution in [-0.4, -0.2) is 49.9 Å². The number of nitrogens with zero attached hydrogens (tertiary/aromatic N) is 2. The molecule has 10 heavy (non-hydrogen) atoms. The lowest BCUT2D eigenvalue weighted by atomic mass is 10.5. The van der Waals surface area contributed by atoms with E-state index in [2.05, 4.69) is 0 Å². The molecule has 3 nitrogen and oxygen atoms in total. The molecule has 0 bridgehead atoms. The van der Waals surface area contributed by atoms with Gasteiger partial charge in [0.1, 0.15) is 0 Å². The van der Waals surface area contributed by atoms with Gasteiger partial charge in [0.05, 0.1) is 6.92 Å². The monoisotopic (exact) mass is 142 g/mol. The Morgan fingerprint density at radius 1 is 1.30 bits per heavy atom. The van der Waals surface area contributed by atoms with Crippen molar-refractivity contribution < 1.29 is 4.79 Å². The van der Waals surface area contributed by atoms with Crippen molar-refractivity contribution in [3.8, 4) is 0 Å². The van der Waals surface area contributed by atoms with E-state index in [1.54, 1.807) is 7.05 Å². The van der Waals surface area contributed by atoms with Crippen LogP contribution >= 0.6 is 0 Å². The van der Waals surface area contributed by atoms with Crippen LogP contribution in [0.2, 0.25) is 0 Å². The van der Waals surface area contributed by atoms with E-state index in [1.807, 2.05) is 19.0 Å². The van der Waals surface area contributed by atoms with Crippen LogP contribution < -0.4 is 0 Å². The Hall–Kier alpha value is -0.570. The molecule has 0 aliphatic carbocycles. The van der Waals surface area contributed by atoms with E-state index in [1.165, 1.54) is 4.90 Å². The maximum absolute atomic E-state index is 10.4. The smallest absolute Gasteiger partial charge is 0.227 e. The predicted octanol–water partition coefficient (Wildman–Crippen LogP) is -0.283. The summed E-state index contributed by atoms with van der Waals surface area (Å²) in [6.45, 7) is 6.52. The van der Waals surface area contributed by atoms with E-state index in [9.17, 15) is 4.79 Å². The van der Waals surface area contributed by atoms with Crippen molar-refractivity contribution in [3.05, 3.63) is 6.92 Å². The fourth-order valence-corrected chi connectivity index (χ4v) is 0.460. The quantitative estimate of drug-likeness (QED) is 0.541. The first-order valence-electron chi connectivity index (χ1n) is 3.19. The van der Waals surface area contributed by atoms with Gasteiger partial charge in [0, 0.05) is 20.1 Å². The molecule has 0 aliphatic heterocycles. The molecule has 2 radical (unpaired) electrons. The molecule has 58 valence electrons. The van der Waals surface area contributed by atoms with Gasteiger partial charge in [0.15, 0.2) is 0 Å². The molecule has 0 heterocycles. The number of amides is 1. The van der Waals surface area contributed by atoms with Crippen molar-refractivity contribution in [1.82, 2.24) is 9.80 Å². The second-order valence-electron chi connectivity index (χ2n) is 2.56. The molecule has 0 aromatic carbocycles. The lowest BCUT2D eigenvalue weighted by Gasteiger charge is -2.17. The third-order valence-electron chi connectivity index (χ3n) is 1.26. The summed E-state index contributed by atoms with van der Waals surface area (Å²) in [4.78, 5) is 13.9. The Labute approximate surface area is 62.6 Å². The summed E-state index contributed by atoms with van der Waals surface area (Å²) in [5, 5.41) is 0. The number of likely N-dealkylation sites (N-methyl/N-ethyl adjacent to an activating group) is 2. The summed E-state index contributed by atoms with van der Waals surface area (Å²) in [5.41, 5.74) is 0. The van der Waals surface area contributed by atoms with Crippen LogP contribution in [0.5, 0.6) is 0 Å². The van der Waals surface area contributed by atoms with Crippen LogP contribution in [0.25, 0.3) is 0 Å². The van der Waals surface area contributed by atoms with Crippen molar-refractivity contribution in [3.63, 3.8) is 0 Å². The van der Waals surface area contributed by atoms with Crippen molar-refractivity contribution in [2.45, 2.75) is 0 Å². The summed E-state index contributed by atoms with van der Waals surface area (Å²) in [6.07, 6.45) is 0. The molecular weight excluding hydrogens is 128 g/mol. The molecule has 0 spiro atoms. The van der Waals surface area contributed by atoms with Gasteiger partial charge in [-0.2, -0.15) is 0 Å². The van der Waals surface area contributed by atoms with Crippen molar-refractivity contribution >= 4 is 5.91 Å². The van der Waals surface area contributed by atoms with Gasteiger partial charge in [-0.15, -0.1) is 0 Å². The minimum atomic E-state index is -0.373. The average Bonchev–Trinajstić information content (AvgIpc) is 1.82. The average molecular weight is 142 g/mol. The molecule has 0 saturated carbocycles. The number of rotatable bonds is 3. The van der Waals surface area contributed by atoms with Gasteiger partial charge < -0.3 is 9.80 Å². The van der Waals surface area contributed by atoms with Crippen LogP contribution in [0.3, 0.4) is 0 Å². The minimum absolute atomic E-state index is 0.373. The maximum atomic E-state index is 10.4. The van der Waals surface area contributed by atoms with Gasteiger partial charge in [-0.3, -0.25) is 4.79 Å². The van der Waals surface area contributed by atoms with E-state index in [0.29, 0.717) is 6.54 Å².